The minimum Gasteiger partial charge on any atom is -0.486 e. The largest absolute Gasteiger partial charge is 0.486 e. The normalized spacial score (nSPS) is 13.4. The number of fused-ring (bicyclic) bond motifs is 1. The Morgan fingerprint density at radius 1 is 1.33 bits per heavy atom. The molecule has 0 bridgehead atoms. The fourth-order valence-electron chi connectivity index (χ4n) is 1.87. The number of benzene rings is 1. The summed E-state index contributed by atoms with van der Waals surface area (Å²) in [5.41, 5.74) is 1.26. The molecule has 0 fully saturated rings. The summed E-state index contributed by atoms with van der Waals surface area (Å²) in [7, 11) is 0. The molecule has 2 rings (SSSR count). The minimum absolute atomic E-state index is 0.634. The summed E-state index contributed by atoms with van der Waals surface area (Å²) in [5, 5.41) is 3.40. The predicted molar refractivity (Wildman–Crippen MR) is 75.7 cm³/mol. The van der Waals surface area contributed by atoms with E-state index < -0.39 is 0 Å². The van der Waals surface area contributed by atoms with E-state index in [0.717, 1.165) is 31.0 Å². The third kappa shape index (κ3) is 3.21. The zero-order valence-corrected chi connectivity index (χ0v) is 11.5. The molecule has 0 aromatic heterocycles. The van der Waals surface area contributed by atoms with Crippen molar-refractivity contribution in [3.05, 3.63) is 30.4 Å². The molecule has 0 atom stereocenters. The van der Waals surface area contributed by atoms with E-state index in [2.05, 4.69) is 30.3 Å². The van der Waals surface area contributed by atoms with Gasteiger partial charge in [-0.15, -0.1) is 18.3 Å². The van der Waals surface area contributed by atoms with Crippen LogP contribution in [0, 0.1) is 0 Å². The molecule has 0 unspecified atom stereocenters. The second-order valence-corrected chi connectivity index (χ2v) is 4.91. The van der Waals surface area contributed by atoms with E-state index in [0.29, 0.717) is 13.2 Å². The Morgan fingerprint density at radius 2 is 2.06 bits per heavy atom. The van der Waals surface area contributed by atoms with E-state index >= 15 is 0 Å². The van der Waals surface area contributed by atoms with Crippen LogP contribution in [0.1, 0.15) is 12.0 Å². The molecule has 0 spiro atoms. The van der Waals surface area contributed by atoms with Gasteiger partial charge in [0.2, 0.25) is 0 Å². The maximum atomic E-state index is 5.61. The average molecular weight is 265 g/mol. The molecule has 1 heterocycles. The molecular weight excluding hydrogens is 246 g/mol. The summed E-state index contributed by atoms with van der Waals surface area (Å²) >= 11 is 1.74. The Labute approximate surface area is 113 Å². The van der Waals surface area contributed by atoms with Crippen LogP contribution in [0.2, 0.25) is 0 Å². The van der Waals surface area contributed by atoms with Gasteiger partial charge in [0.15, 0.2) is 11.5 Å². The first-order valence-electron chi connectivity index (χ1n) is 6.13. The maximum Gasteiger partial charge on any atom is 0.162 e. The maximum absolute atomic E-state index is 5.61. The van der Waals surface area contributed by atoms with E-state index in [-0.39, 0.29) is 0 Å². The van der Waals surface area contributed by atoms with Crippen LogP contribution in [0.5, 0.6) is 11.5 Å². The van der Waals surface area contributed by atoms with Gasteiger partial charge in [0.25, 0.3) is 0 Å². The van der Waals surface area contributed by atoms with E-state index in [1.807, 2.05) is 6.08 Å². The van der Waals surface area contributed by atoms with Gasteiger partial charge in [0.05, 0.1) is 0 Å². The van der Waals surface area contributed by atoms with Crippen LogP contribution in [0.25, 0.3) is 0 Å². The Bertz CT molecular complexity index is 421. The van der Waals surface area contributed by atoms with Crippen molar-refractivity contribution in [2.75, 3.05) is 26.0 Å². The molecule has 1 aromatic rings. The van der Waals surface area contributed by atoms with Crippen LogP contribution in [-0.4, -0.2) is 26.0 Å². The zero-order chi connectivity index (χ0) is 12.8. The topological polar surface area (TPSA) is 30.5 Å². The van der Waals surface area contributed by atoms with Crippen molar-refractivity contribution in [2.45, 2.75) is 17.9 Å². The van der Waals surface area contributed by atoms with Gasteiger partial charge in [0, 0.05) is 11.4 Å². The fourth-order valence-corrected chi connectivity index (χ4v) is 2.49. The number of nitrogens with one attached hydrogen (secondary N) is 1. The summed E-state index contributed by atoms with van der Waals surface area (Å²) < 4.78 is 11.2. The van der Waals surface area contributed by atoms with Crippen molar-refractivity contribution in [3.8, 4) is 11.5 Å². The molecule has 1 aliphatic rings. The molecule has 1 N–H and O–H groups in total. The molecule has 18 heavy (non-hydrogen) atoms. The highest BCUT2D eigenvalue weighted by Gasteiger charge is 2.15. The zero-order valence-electron chi connectivity index (χ0n) is 10.7. The highest BCUT2D eigenvalue weighted by molar-refractivity contribution is 7.98. The SMILES string of the molecule is C=CCCNCc1cc2c(cc1SC)OCCO2. The second kappa shape index (κ2) is 6.71. The Balaban J connectivity index is 2.09. The molecule has 0 radical (unpaired) electrons. The lowest BCUT2D eigenvalue weighted by molar-refractivity contribution is 0.171. The van der Waals surface area contributed by atoms with Gasteiger partial charge in [-0.05, 0) is 36.9 Å². The Kier molecular flexibility index (Phi) is 4.96. The van der Waals surface area contributed by atoms with E-state index in [4.69, 9.17) is 9.47 Å². The number of ether oxygens (including phenoxy) is 2. The lowest BCUT2D eigenvalue weighted by Crippen LogP contribution is -2.18. The predicted octanol–water partition coefficient (Wildman–Crippen LogP) is 2.85. The smallest absolute Gasteiger partial charge is 0.162 e. The lowest BCUT2D eigenvalue weighted by Gasteiger charge is -2.20. The average Bonchev–Trinajstić information content (AvgIpc) is 2.42. The molecule has 4 heteroatoms. The quantitative estimate of drug-likeness (QED) is 0.487. The molecule has 0 aliphatic carbocycles. The lowest BCUT2D eigenvalue weighted by atomic mass is 10.2. The van der Waals surface area contributed by atoms with Crippen molar-refractivity contribution in [2.24, 2.45) is 0 Å². The summed E-state index contributed by atoms with van der Waals surface area (Å²) in [6, 6.07) is 4.16. The van der Waals surface area contributed by atoms with Crippen molar-refractivity contribution >= 4 is 11.8 Å². The van der Waals surface area contributed by atoms with Gasteiger partial charge in [-0.2, -0.15) is 0 Å². The first kappa shape index (κ1) is 13.3. The second-order valence-electron chi connectivity index (χ2n) is 4.06. The summed E-state index contributed by atoms with van der Waals surface area (Å²) in [6.45, 7) is 6.78. The van der Waals surface area contributed by atoms with Gasteiger partial charge in [-0.3, -0.25) is 0 Å². The van der Waals surface area contributed by atoms with Crippen LogP contribution in [-0.2, 0) is 6.54 Å². The van der Waals surface area contributed by atoms with Crippen molar-refractivity contribution in [1.29, 1.82) is 0 Å². The molecule has 1 aliphatic heterocycles. The van der Waals surface area contributed by atoms with E-state index in [9.17, 15) is 0 Å². The molecule has 3 nitrogen and oxygen atoms in total. The Morgan fingerprint density at radius 3 is 2.72 bits per heavy atom. The van der Waals surface area contributed by atoms with E-state index in [1.165, 1.54) is 10.5 Å². The van der Waals surface area contributed by atoms with Gasteiger partial charge in [-0.25, -0.2) is 0 Å². The van der Waals surface area contributed by atoms with E-state index in [1.54, 1.807) is 11.8 Å². The number of rotatable bonds is 6. The summed E-state index contributed by atoms with van der Waals surface area (Å²) in [4.78, 5) is 1.24. The molecule has 1 aromatic carbocycles. The number of thioether (sulfide) groups is 1. The molecule has 0 amide bonds. The standard InChI is InChI=1S/C14H19NO2S/c1-3-4-5-15-10-11-8-12-13(9-14(11)18-2)17-7-6-16-12/h3,8-9,15H,1,4-7,10H2,2H3. The monoisotopic (exact) mass is 265 g/mol. The summed E-state index contributed by atoms with van der Waals surface area (Å²) in [5.74, 6) is 1.72. The van der Waals surface area contributed by atoms with Crippen LogP contribution >= 0.6 is 11.8 Å². The highest BCUT2D eigenvalue weighted by atomic mass is 32.2. The number of hydrogen-bond acceptors (Lipinski definition) is 4. The third-order valence-electron chi connectivity index (χ3n) is 2.79. The fraction of sp³-hybridized carbons (Fsp3) is 0.429. The van der Waals surface area contributed by atoms with Gasteiger partial charge < -0.3 is 14.8 Å². The first-order valence-corrected chi connectivity index (χ1v) is 7.35. The van der Waals surface area contributed by atoms with Crippen LogP contribution < -0.4 is 14.8 Å². The van der Waals surface area contributed by atoms with Crippen molar-refractivity contribution in [3.63, 3.8) is 0 Å². The van der Waals surface area contributed by atoms with Gasteiger partial charge in [-0.1, -0.05) is 6.08 Å². The van der Waals surface area contributed by atoms with Gasteiger partial charge >= 0.3 is 0 Å². The van der Waals surface area contributed by atoms with Crippen molar-refractivity contribution in [1.82, 2.24) is 5.32 Å². The van der Waals surface area contributed by atoms with Crippen LogP contribution in [0.15, 0.2) is 29.7 Å². The minimum atomic E-state index is 0.634. The first-order chi connectivity index (χ1) is 8.85. The highest BCUT2D eigenvalue weighted by Crippen LogP contribution is 2.36. The molecule has 98 valence electrons. The van der Waals surface area contributed by atoms with Gasteiger partial charge in [0.1, 0.15) is 13.2 Å². The van der Waals surface area contributed by atoms with Crippen LogP contribution in [0.3, 0.4) is 0 Å². The van der Waals surface area contributed by atoms with Crippen molar-refractivity contribution < 1.29 is 9.47 Å². The molecule has 0 saturated heterocycles. The third-order valence-corrected chi connectivity index (χ3v) is 3.61. The Hall–Kier alpha value is -1.13. The molecule has 0 saturated carbocycles. The summed E-state index contributed by atoms with van der Waals surface area (Å²) in [6.07, 6.45) is 4.99. The molecular formula is C14H19NO2S. The number of hydrogen-bond donors (Lipinski definition) is 1. The van der Waals surface area contributed by atoms with Crippen LogP contribution in [0.4, 0.5) is 0 Å².